The second kappa shape index (κ2) is 8.22. The molecule has 0 saturated heterocycles. The molecule has 2 atom stereocenters. The van der Waals surface area contributed by atoms with Crippen LogP contribution in [-0.4, -0.2) is 37.7 Å². The summed E-state index contributed by atoms with van der Waals surface area (Å²) < 4.78 is 5.81. The van der Waals surface area contributed by atoms with Crippen LogP contribution in [0.3, 0.4) is 0 Å². The van der Waals surface area contributed by atoms with Crippen LogP contribution in [0.5, 0.6) is 0 Å². The molecule has 0 aromatic heterocycles. The van der Waals surface area contributed by atoms with E-state index in [0.717, 1.165) is 6.42 Å². The van der Waals surface area contributed by atoms with Crippen molar-refractivity contribution in [1.82, 2.24) is 10.6 Å². The Morgan fingerprint density at radius 2 is 1.90 bits per heavy atom. The molecule has 0 aromatic rings. The van der Waals surface area contributed by atoms with Gasteiger partial charge in [-0.05, 0) is 32.6 Å². The Bertz CT molecular complexity index is 358. The number of carbonyl (C=O) groups excluding carboxylic acids is 2. The lowest BCUT2D eigenvalue weighted by molar-refractivity contribution is -0.125. The van der Waals surface area contributed by atoms with Crippen molar-refractivity contribution < 1.29 is 14.3 Å². The molecule has 0 aromatic carbocycles. The number of nitrogens with two attached hydrogens (primary N) is 1. The van der Waals surface area contributed by atoms with Gasteiger partial charge < -0.3 is 21.1 Å². The van der Waals surface area contributed by atoms with Gasteiger partial charge in [0.1, 0.15) is 0 Å². The predicted molar refractivity (Wildman–Crippen MR) is 81.7 cm³/mol. The van der Waals surface area contributed by atoms with E-state index in [9.17, 15) is 9.59 Å². The Morgan fingerprint density at radius 1 is 1.24 bits per heavy atom. The van der Waals surface area contributed by atoms with Gasteiger partial charge in [-0.1, -0.05) is 19.8 Å². The first-order valence-electron chi connectivity index (χ1n) is 7.76. The fraction of sp³-hybridized carbons (Fsp3) is 0.867. The fourth-order valence-electron chi connectivity index (χ4n) is 2.36. The Hall–Kier alpha value is -1.30. The van der Waals surface area contributed by atoms with Gasteiger partial charge in [-0.3, -0.25) is 4.79 Å². The number of carbonyl (C=O) groups is 2. The van der Waals surface area contributed by atoms with Crippen molar-refractivity contribution in [3.05, 3.63) is 0 Å². The molecular formula is C15H29N3O3. The minimum Gasteiger partial charge on any atom is -0.376 e. The van der Waals surface area contributed by atoms with Crippen molar-refractivity contribution in [2.45, 2.75) is 52.6 Å². The smallest absolute Gasteiger partial charge is 0.314 e. The van der Waals surface area contributed by atoms with Gasteiger partial charge in [0.15, 0.2) is 0 Å². The SMILES string of the molecule is CC1CCCCC1OCCNC(=O)NCC(C)(C)C(N)=O. The minimum absolute atomic E-state index is 0.217. The molecule has 0 radical (unpaired) electrons. The van der Waals surface area contributed by atoms with Crippen molar-refractivity contribution in [2.24, 2.45) is 17.1 Å². The van der Waals surface area contributed by atoms with Crippen molar-refractivity contribution in [2.75, 3.05) is 19.7 Å². The number of primary amides is 1. The van der Waals surface area contributed by atoms with E-state index < -0.39 is 11.3 Å². The van der Waals surface area contributed by atoms with Crippen molar-refractivity contribution >= 4 is 11.9 Å². The van der Waals surface area contributed by atoms with Gasteiger partial charge in [0.2, 0.25) is 5.91 Å². The van der Waals surface area contributed by atoms with E-state index in [1.807, 2.05) is 0 Å². The zero-order valence-electron chi connectivity index (χ0n) is 13.4. The molecule has 0 spiro atoms. The van der Waals surface area contributed by atoms with Crippen LogP contribution in [0.1, 0.15) is 46.5 Å². The summed E-state index contributed by atoms with van der Waals surface area (Å²) in [5, 5.41) is 5.37. The van der Waals surface area contributed by atoms with Crippen LogP contribution in [0.2, 0.25) is 0 Å². The first kappa shape index (κ1) is 17.8. The van der Waals surface area contributed by atoms with Crippen LogP contribution in [0, 0.1) is 11.3 Å². The summed E-state index contributed by atoms with van der Waals surface area (Å²) in [4.78, 5) is 22.7. The molecule has 2 unspecified atom stereocenters. The number of amides is 3. The summed E-state index contributed by atoms with van der Waals surface area (Å²) >= 11 is 0. The van der Waals surface area contributed by atoms with Gasteiger partial charge in [0.25, 0.3) is 0 Å². The molecule has 1 fully saturated rings. The van der Waals surface area contributed by atoms with Gasteiger partial charge in [-0.15, -0.1) is 0 Å². The Balaban J connectivity index is 2.12. The lowest BCUT2D eigenvalue weighted by Gasteiger charge is -2.28. The van der Waals surface area contributed by atoms with Crippen LogP contribution < -0.4 is 16.4 Å². The van der Waals surface area contributed by atoms with Crippen LogP contribution >= 0.6 is 0 Å². The second-order valence-corrected chi connectivity index (χ2v) is 6.53. The largest absolute Gasteiger partial charge is 0.376 e. The molecule has 0 bridgehead atoms. The maximum absolute atomic E-state index is 11.6. The maximum Gasteiger partial charge on any atom is 0.314 e. The molecule has 6 nitrogen and oxygen atoms in total. The first-order valence-corrected chi connectivity index (χ1v) is 7.76. The van der Waals surface area contributed by atoms with Gasteiger partial charge in [-0.2, -0.15) is 0 Å². The van der Waals surface area contributed by atoms with E-state index in [1.54, 1.807) is 13.8 Å². The summed E-state index contributed by atoms with van der Waals surface area (Å²) in [7, 11) is 0. The van der Waals surface area contributed by atoms with Crippen LogP contribution in [0.15, 0.2) is 0 Å². The van der Waals surface area contributed by atoms with Gasteiger partial charge in [0.05, 0.1) is 18.1 Å². The number of hydrogen-bond donors (Lipinski definition) is 3. The molecule has 0 heterocycles. The fourth-order valence-corrected chi connectivity index (χ4v) is 2.36. The van der Waals surface area contributed by atoms with Crippen molar-refractivity contribution in [1.29, 1.82) is 0 Å². The molecule has 122 valence electrons. The van der Waals surface area contributed by atoms with E-state index in [4.69, 9.17) is 10.5 Å². The van der Waals surface area contributed by atoms with Crippen LogP contribution in [0.25, 0.3) is 0 Å². The molecule has 21 heavy (non-hydrogen) atoms. The highest BCUT2D eigenvalue weighted by Gasteiger charge is 2.25. The molecule has 6 heteroatoms. The van der Waals surface area contributed by atoms with Crippen molar-refractivity contribution in [3.8, 4) is 0 Å². The zero-order chi connectivity index (χ0) is 15.9. The molecule has 1 rings (SSSR count). The maximum atomic E-state index is 11.6. The third-order valence-electron chi connectivity index (χ3n) is 4.11. The highest BCUT2D eigenvalue weighted by Crippen LogP contribution is 2.25. The van der Waals surface area contributed by atoms with E-state index in [2.05, 4.69) is 17.6 Å². The minimum atomic E-state index is -0.745. The number of hydrogen-bond acceptors (Lipinski definition) is 3. The number of nitrogens with one attached hydrogen (secondary N) is 2. The summed E-state index contributed by atoms with van der Waals surface area (Å²) in [6.45, 7) is 6.81. The summed E-state index contributed by atoms with van der Waals surface area (Å²) in [5.74, 6) is 0.168. The van der Waals surface area contributed by atoms with E-state index in [0.29, 0.717) is 25.2 Å². The van der Waals surface area contributed by atoms with Crippen LogP contribution in [0.4, 0.5) is 4.79 Å². The molecular weight excluding hydrogens is 270 g/mol. The Morgan fingerprint density at radius 3 is 2.52 bits per heavy atom. The highest BCUT2D eigenvalue weighted by atomic mass is 16.5. The lowest BCUT2D eigenvalue weighted by Crippen LogP contribution is -2.46. The molecule has 4 N–H and O–H groups in total. The molecule has 3 amide bonds. The Labute approximate surface area is 127 Å². The monoisotopic (exact) mass is 299 g/mol. The first-order chi connectivity index (χ1) is 9.83. The van der Waals surface area contributed by atoms with Crippen molar-refractivity contribution in [3.63, 3.8) is 0 Å². The van der Waals surface area contributed by atoms with Gasteiger partial charge >= 0.3 is 6.03 Å². The lowest BCUT2D eigenvalue weighted by atomic mass is 9.88. The quantitative estimate of drug-likeness (QED) is 0.620. The summed E-state index contributed by atoms with van der Waals surface area (Å²) in [6, 6.07) is -0.301. The zero-order valence-corrected chi connectivity index (χ0v) is 13.4. The number of urea groups is 1. The molecule has 1 aliphatic carbocycles. The van der Waals surface area contributed by atoms with E-state index >= 15 is 0 Å². The summed E-state index contributed by atoms with van der Waals surface area (Å²) in [6.07, 6.45) is 5.17. The predicted octanol–water partition coefficient (Wildman–Crippen LogP) is 1.39. The normalized spacial score (nSPS) is 22.6. The third-order valence-corrected chi connectivity index (χ3v) is 4.11. The molecule has 1 aliphatic rings. The number of rotatable bonds is 7. The van der Waals surface area contributed by atoms with Crippen LogP contribution in [-0.2, 0) is 9.53 Å². The number of ether oxygens (including phenoxy) is 1. The summed E-state index contributed by atoms with van der Waals surface area (Å²) in [5.41, 5.74) is 4.50. The van der Waals surface area contributed by atoms with Gasteiger partial charge in [-0.25, -0.2) is 4.79 Å². The third kappa shape index (κ3) is 6.33. The Kier molecular flexibility index (Phi) is 6.95. The molecule has 0 aliphatic heterocycles. The molecule has 1 saturated carbocycles. The van der Waals surface area contributed by atoms with E-state index in [-0.39, 0.29) is 12.6 Å². The average molecular weight is 299 g/mol. The second-order valence-electron chi connectivity index (χ2n) is 6.53. The van der Waals surface area contributed by atoms with Gasteiger partial charge in [0, 0.05) is 13.1 Å². The average Bonchev–Trinajstić information content (AvgIpc) is 2.43. The highest BCUT2D eigenvalue weighted by molar-refractivity contribution is 5.81. The topological polar surface area (TPSA) is 93.4 Å². The van der Waals surface area contributed by atoms with E-state index in [1.165, 1.54) is 19.3 Å². The standard InChI is InChI=1S/C15H29N3O3/c1-11-6-4-5-7-12(11)21-9-8-17-14(20)18-10-15(2,3)13(16)19/h11-12H,4-10H2,1-3H3,(H2,16,19)(H2,17,18,20).